The Morgan fingerprint density at radius 2 is 2.06 bits per heavy atom. The lowest BCUT2D eigenvalue weighted by atomic mass is 9.82. The molecular weight excluding hydrogens is 232 g/mol. The normalized spacial score (nSPS) is 28.2. The molecule has 1 aliphatic rings. The van der Waals surface area contributed by atoms with Crippen LogP contribution in [0, 0.1) is 11.8 Å². The molecule has 1 N–H and O–H groups in total. The van der Waals surface area contributed by atoms with Crippen LogP contribution in [0.15, 0.2) is 16.7 Å². The number of ether oxygens (including phenoxy) is 1. The van der Waals surface area contributed by atoms with Crippen LogP contribution in [0.2, 0.25) is 0 Å². The van der Waals surface area contributed by atoms with E-state index in [1.165, 1.54) is 18.8 Å². The molecule has 0 saturated heterocycles. The third kappa shape index (κ3) is 3.13. The largest absolute Gasteiger partial charge is 0.478 e. The van der Waals surface area contributed by atoms with Gasteiger partial charge in [-0.15, -0.1) is 0 Å². The standard InChI is InChI=1S/C14H20O4/c1-9-5-10(2)7-11(6-9)18-8-13-12(14(15)16)3-4-17-13/h3-4,9-11H,5-8H2,1-2H3,(H,15,16). The minimum atomic E-state index is -0.965. The maximum absolute atomic E-state index is 10.9. The molecule has 2 unspecified atom stereocenters. The van der Waals surface area contributed by atoms with Crippen LogP contribution in [0.3, 0.4) is 0 Å². The molecule has 18 heavy (non-hydrogen) atoms. The number of hydrogen-bond donors (Lipinski definition) is 1. The Hall–Kier alpha value is -1.29. The number of carboxylic acid groups (broad SMARTS) is 1. The van der Waals surface area contributed by atoms with Crippen molar-refractivity contribution < 1.29 is 19.1 Å². The van der Waals surface area contributed by atoms with Crippen molar-refractivity contribution in [3.8, 4) is 0 Å². The zero-order valence-corrected chi connectivity index (χ0v) is 10.9. The SMILES string of the molecule is CC1CC(C)CC(OCc2occc2C(=O)O)C1. The molecule has 100 valence electrons. The molecule has 4 nitrogen and oxygen atoms in total. The molecule has 1 aromatic rings. The van der Waals surface area contributed by atoms with Crippen molar-refractivity contribution in [2.75, 3.05) is 0 Å². The topological polar surface area (TPSA) is 59.7 Å². The van der Waals surface area contributed by atoms with Gasteiger partial charge in [-0.2, -0.15) is 0 Å². The van der Waals surface area contributed by atoms with Gasteiger partial charge in [0.25, 0.3) is 0 Å². The quantitative estimate of drug-likeness (QED) is 0.893. The molecule has 0 bridgehead atoms. The van der Waals surface area contributed by atoms with E-state index >= 15 is 0 Å². The van der Waals surface area contributed by atoms with Gasteiger partial charge in [-0.25, -0.2) is 4.79 Å². The van der Waals surface area contributed by atoms with E-state index in [1.807, 2.05) is 0 Å². The maximum atomic E-state index is 10.9. The second-order valence-corrected chi connectivity index (χ2v) is 5.41. The van der Waals surface area contributed by atoms with Gasteiger partial charge in [0.05, 0.1) is 12.4 Å². The molecule has 4 heteroatoms. The Morgan fingerprint density at radius 1 is 1.39 bits per heavy atom. The minimum absolute atomic E-state index is 0.201. The zero-order chi connectivity index (χ0) is 13.1. The van der Waals surface area contributed by atoms with Crippen LogP contribution in [0.25, 0.3) is 0 Å². The van der Waals surface area contributed by atoms with Crippen LogP contribution in [0.1, 0.15) is 49.2 Å². The van der Waals surface area contributed by atoms with Gasteiger partial charge in [0.15, 0.2) is 0 Å². The van der Waals surface area contributed by atoms with Crippen LogP contribution in [0.4, 0.5) is 0 Å². The zero-order valence-electron chi connectivity index (χ0n) is 10.9. The van der Waals surface area contributed by atoms with Crippen LogP contribution >= 0.6 is 0 Å². The van der Waals surface area contributed by atoms with Crippen molar-refractivity contribution >= 4 is 5.97 Å². The van der Waals surface area contributed by atoms with Crippen LogP contribution in [-0.4, -0.2) is 17.2 Å². The summed E-state index contributed by atoms with van der Waals surface area (Å²) < 4.78 is 11.0. The van der Waals surface area contributed by atoms with E-state index in [1.54, 1.807) is 0 Å². The molecule has 1 aromatic heterocycles. The molecule has 1 heterocycles. The third-order valence-corrected chi connectivity index (χ3v) is 3.56. The average molecular weight is 252 g/mol. The lowest BCUT2D eigenvalue weighted by molar-refractivity contribution is -0.0161. The molecule has 0 aromatic carbocycles. The van der Waals surface area contributed by atoms with Crippen molar-refractivity contribution in [2.24, 2.45) is 11.8 Å². The summed E-state index contributed by atoms with van der Waals surface area (Å²) in [6.07, 6.45) is 4.96. The van der Waals surface area contributed by atoms with Gasteiger partial charge in [-0.1, -0.05) is 13.8 Å². The lowest BCUT2D eigenvalue weighted by Crippen LogP contribution is -2.26. The predicted octanol–water partition coefficient (Wildman–Crippen LogP) is 3.32. The third-order valence-electron chi connectivity index (χ3n) is 3.56. The second kappa shape index (κ2) is 5.57. The van der Waals surface area contributed by atoms with Crippen molar-refractivity contribution in [1.29, 1.82) is 0 Å². The minimum Gasteiger partial charge on any atom is -0.478 e. The van der Waals surface area contributed by atoms with Crippen LogP contribution < -0.4 is 0 Å². The van der Waals surface area contributed by atoms with Crippen molar-refractivity contribution in [1.82, 2.24) is 0 Å². The highest BCUT2D eigenvalue weighted by atomic mass is 16.5. The summed E-state index contributed by atoms with van der Waals surface area (Å²) in [5, 5.41) is 8.96. The van der Waals surface area contributed by atoms with Gasteiger partial charge in [0, 0.05) is 0 Å². The summed E-state index contributed by atoms with van der Waals surface area (Å²) in [5.41, 5.74) is 0.201. The summed E-state index contributed by atoms with van der Waals surface area (Å²) in [4.78, 5) is 10.9. The summed E-state index contributed by atoms with van der Waals surface area (Å²) in [7, 11) is 0. The Kier molecular flexibility index (Phi) is 4.07. The fourth-order valence-electron chi connectivity index (χ4n) is 2.85. The van der Waals surface area contributed by atoms with E-state index in [0.717, 1.165) is 12.8 Å². The van der Waals surface area contributed by atoms with Gasteiger partial charge in [-0.05, 0) is 37.2 Å². The number of carboxylic acids is 1. The van der Waals surface area contributed by atoms with E-state index < -0.39 is 5.97 Å². The molecule has 2 rings (SSSR count). The van der Waals surface area contributed by atoms with Crippen LogP contribution in [-0.2, 0) is 11.3 Å². The molecule has 0 aliphatic heterocycles. The molecule has 0 amide bonds. The molecule has 0 radical (unpaired) electrons. The number of aromatic carboxylic acids is 1. The first-order chi connectivity index (χ1) is 8.56. The molecule has 0 spiro atoms. The van der Waals surface area contributed by atoms with E-state index in [-0.39, 0.29) is 18.3 Å². The van der Waals surface area contributed by atoms with E-state index in [2.05, 4.69) is 13.8 Å². The number of rotatable bonds is 4. The van der Waals surface area contributed by atoms with E-state index in [0.29, 0.717) is 17.6 Å². The summed E-state index contributed by atoms with van der Waals surface area (Å²) >= 11 is 0. The predicted molar refractivity (Wildman–Crippen MR) is 66.4 cm³/mol. The molecular formula is C14H20O4. The smallest absolute Gasteiger partial charge is 0.339 e. The highest BCUT2D eigenvalue weighted by Crippen LogP contribution is 2.31. The van der Waals surface area contributed by atoms with E-state index in [9.17, 15) is 4.79 Å². The summed E-state index contributed by atoms with van der Waals surface area (Å²) in [5.74, 6) is 0.796. The first-order valence-electron chi connectivity index (χ1n) is 6.47. The van der Waals surface area contributed by atoms with E-state index in [4.69, 9.17) is 14.3 Å². The average Bonchev–Trinajstić information content (AvgIpc) is 2.73. The van der Waals surface area contributed by atoms with Crippen molar-refractivity contribution in [3.05, 3.63) is 23.7 Å². The number of hydrogen-bond acceptors (Lipinski definition) is 3. The van der Waals surface area contributed by atoms with Crippen molar-refractivity contribution in [2.45, 2.75) is 45.8 Å². The molecule has 1 saturated carbocycles. The van der Waals surface area contributed by atoms with Gasteiger partial charge >= 0.3 is 5.97 Å². The number of furan rings is 1. The van der Waals surface area contributed by atoms with Gasteiger partial charge in [-0.3, -0.25) is 0 Å². The fourth-order valence-corrected chi connectivity index (χ4v) is 2.85. The first-order valence-corrected chi connectivity index (χ1v) is 6.47. The maximum Gasteiger partial charge on any atom is 0.339 e. The van der Waals surface area contributed by atoms with Crippen molar-refractivity contribution in [3.63, 3.8) is 0 Å². The number of carbonyl (C=O) groups is 1. The van der Waals surface area contributed by atoms with Gasteiger partial charge < -0.3 is 14.3 Å². The Morgan fingerprint density at radius 3 is 2.67 bits per heavy atom. The van der Waals surface area contributed by atoms with Gasteiger partial charge in [0.1, 0.15) is 17.9 Å². The monoisotopic (exact) mass is 252 g/mol. The Balaban J connectivity index is 1.91. The summed E-state index contributed by atoms with van der Waals surface area (Å²) in [6.45, 7) is 4.72. The molecule has 1 aliphatic carbocycles. The highest BCUT2D eigenvalue weighted by molar-refractivity contribution is 5.88. The second-order valence-electron chi connectivity index (χ2n) is 5.41. The Bertz CT molecular complexity index is 400. The van der Waals surface area contributed by atoms with Crippen LogP contribution in [0.5, 0.6) is 0 Å². The molecule has 2 atom stereocenters. The fraction of sp³-hybridized carbons (Fsp3) is 0.643. The Labute approximate surface area is 107 Å². The van der Waals surface area contributed by atoms with Gasteiger partial charge in [0.2, 0.25) is 0 Å². The summed E-state index contributed by atoms with van der Waals surface area (Å²) in [6, 6.07) is 1.47. The lowest BCUT2D eigenvalue weighted by Gasteiger charge is -2.31. The molecule has 1 fully saturated rings. The highest BCUT2D eigenvalue weighted by Gasteiger charge is 2.25. The first kappa shape index (κ1) is 13.1.